The Labute approximate surface area is 133 Å². The van der Waals surface area contributed by atoms with Crippen LogP contribution >= 0.6 is 0 Å². The first-order valence-electron chi connectivity index (χ1n) is 7.87. The minimum atomic E-state index is -0.391. The second-order valence-electron chi connectivity index (χ2n) is 6.57. The molecule has 0 radical (unpaired) electrons. The summed E-state index contributed by atoms with van der Waals surface area (Å²) < 4.78 is 16.6. The Bertz CT molecular complexity index is 744. The summed E-state index contributed by atoms with van der Waals surface area (Å²) in [5, 5.41) is 13.3. The molecule has 1 N–H and O–H groups in total. The number of ether oxygens (including phenoxy) is 3. The first-order valence-corrected chi connectivity index (χ1v) is 7.87. The molecule has 2 bridgehead atoms. The lowest BCUT2D eigenvalue weighted by Gasteiger charge is -2.45. The summed E-state index contributed by atoms with van der Waals surface area (Å²) in [5.41, 5.74) is 2.79. The zero-order valence-electron chi connectivity index (χ0n) is 12.9. The number of methoxy groups -OCH3 is 1. The molecule has 1 aliphatic carbocycles. The molecule has 5 rings (SSSR count). The number of hydrogen-bond donors (Lipinski definition) is 1. The summed E-state index contributed by atoms with van der Waals surface area (Å²) in [6.45, 7) is 1.76. The smallest absolute Gasteiger partial charge is 0.231 e. The maximum absolute atomic E-state index is 9.63. The van der Waals surface area contributed by atoms with Gasteiger partial charge in [0.25, 0.3) is 0 Å². The maximum atomic E-state index is 9.63. The van der Waals surface area contributed by atoms with Crippen molar-refractivity contribution in [3.05, 3.63) is 35.4 Å². The minimum absolute atomic E-state index is 0.101. The first kappa shape index (κ1) is 13.4. The lowest BCUT2D eigenvalue weighted by atomic mass is 9.65. The van der Waals surface area contributed by atoms with Crippen molar-refractivity contribution in [2.45, 2.75) is 30.5 Å². The topological polar surface area (TPSA) is 63.5 Å². The Morgan fingerprint density at radius 2 is 2.13 bits per heavy atom. The van der Waals surface area contributed by atoms with Crippen molar-refractivity contribution in [3.8, 4) is 11.5 Å². The second-order valence-corrected chi connectivity index (χ2v) is 6.57. The van der Waals surface area contributed by atoms with Gasteiger partial charge in [-0.15, -0.1) is 0 Å². The highest BCUT2D eigenvalue weighted by Gasteiger charge is 2.57. The summed E-state index contributed by atoms with van der Waals surface area (Å²) in [6, 6.07) is 4.38. The standard InChI is InChI=1S/C17H18N2O4/c1-21-11-2-3-17-12-6-14-13(22-9-23-14)4-10(12)7-19(16(17)5-11)8-15(17)18-20/h2-4,6,11,16,20H,5,7-9H2,1H3/b18-15+/t11-,16+,17-/m1/s1. The molecule has 4 atom stereocenters. The van der Waals surface area contributed by atoms with Gasteiger partial charge in [0.15, 0.2) is 11.5 Å². The van der Waals surface area contributed by atoms with Gasteiger partial charge >= 0.3 is 0 Å². The van der Waals surface area contributed by atoms with Gasteiger partial charge in [-0.1, -0.05) is 17.3 Å². The van der Waals surface area contributed by atoms with Gasteiger partial charge < -0.3 is 19.4 Å². The molecule has 23 heavy (non-hydrogen) atoms. The van der Waals surface area contributed by atoms with Crippen LogP contribution in [0.5, 0.6) is 11.5 Å². The molecule has 120 valence electrons. The molecule has 0 spiro atoms. The molecule has 6 heteroatoms. The molecule has 4 aliphatic rings. The van der Waals surface area contributed by atoms with Crippen LogP contribution in [-0.4, -0.2) is 48.4 Å². The Kier molecular flexibility index (Phi) is 2.61. The Hall–Kier alpha value is -2.05. The van der Waals surface area contributed by atoms with Gasteiger partial charge in [0, 0.05) is 26.2 Å². The van der Waals surface area contributed by atoms with Crippen LogP contribution in [0, 0.1) is 0 Å². The maximum Gasteiger partial charge on any atom is 0.231 e. The third kappa shape index (κ3) is 1.57. The van der Waals surface area contributed by atoms with Crippen LogP contribution in [0.3, 0.4) is 0 Å². The molecule has 1 saturated heterocycles. The number of hydrogen-bond acceptors (Lipinski definition) is 6. The molecule has 1 aromatic rings. The van der Waals surface area contributed by atoms with Gasteiger partial charge in [-0.3, -0.25) is 4.90 Å². The lowest BCUT2D eigenvalue weighted by Crippen LogP contribution is -2.51. The molecule has 6 nitrogen and oxygen atoms in total. The quantitative estimate of drug-likeness (QED) is 0.485. The van der Waals surface area contributed by atoms with Crippen LogP contribution in [0.25, 0.3) is 0 Å². The van der Waals surface area contributed by atoms with E-state index in [1.54, 1.807) is 7.11 Å². The molecule has 3 heterocycles. The second kappa shape index (κ2) is 4.49. The zero-order chi connectivity index (χ0) is 15.6. The van der Waals surface area contributed by atoms with Crippen molar-refractivity contribution in [1.29, 1.82) is 0 Å². The number of benzene rings is 1. The molecule has 3 aliphatic heterocycles. The fraction of sp³-hybridized carbons (Fsp3) is 0.471. The lowest BCUT2D eigenvalue weighted by molar-refractivity contribution is 0.0764. The van der Waals surface area contributed by atoms with Gasteiger partial charge in [0.2, 0.25) is 6.79 Å². The molecule has 1 fully saturated rings. The van der Waals surface area contributed by atoms with E-state index in [-0.39, 0.29) is 18.9 Å². The van der Waals surface area contributed by atoms with Gasteiger partial charge in [-0.25, -0.2) is 0 Å². The van der Waals surface area contributed by atoms with E-state index < -0.39 is 5.41 Å². The van der Waals surface area contributed by atoms with Gasteiger partial charge in [-0.05, 0) is 29.7 Å². The summed E-state index contributed by atoms with van der Waals surface area (Å²) in [6.07, 6.45) is 5.24. The van der Waals surface area contributed by atoms with Crippen molar-refractivity contribution in [2.24, 2.45) is 5.16 Å². The van der Waals surface area contributed by atoms with E-state index in [0.29, 0.717) is 6.54 Å². The van der Waals surface area contributed by atoms with Crippen LogP contribution in [0.4, 0.5) is 0 Å². The third-order valence-electron chi connectivity index (χ3n) is 5.67. The van der Waals surface area contributed by atoms with Crippen molar-refractivity contribution < 1.29 is 19.4 Å². The molecule has 0 aromatic heterocycles. The highest BCUT2D eigenvalue weighted by atomic mass is 16.7. The molecule has 0 amide bonds. The van der Waals surface area contributed by atoms with Crippen molar-refractivity contribution in [1.82, 2.24) is 4.90 Å². The van der Waals surface area contributed by atoms with Gasteiger partial charge in [-0.2, -0.15) is 0 Å². The van der Waals surface area contributed by atoms with Crippen molar-refractivity contribution in [3.63, 3.8) is 0 Å². The van der Waals surface area contributed by atoms with Crippen LogP contribution in [-0.2, 0) is 16.7 Å². The van der Waals surface area contributed by atoms with E-state index in [1.165, 1.54) is 11.1 Å². The summed E-state index contributed by atoms with van der Waals surface area (Å²) in [5.74, 6) is 1.58. The van der Waals surface area contributed by atoms with Crippen LogP contribution in [0.15, 0.2) is 29.4 Å². The van der Waals surface area contributed by atoms with E-state index >= 15 is 0 Å². The average molecular weight is 314 g/mol. The number of oxime groups is 1. The highest BCUT2D eigenvalue weighted by molar-refractivity contribution is 6.02. The largest absolute Gasteiger partial charge is 0.454 e. The fourth-order valence-electron chi connectivity index (χ4n) is 4.61. The number of fused-ring (bicyclic) bond motifs is 2. The summed E-state index contributed by atoms with van der Waals surface area (Å²) in [4.78, 5) is 2.37. The number of nitrogens with zero attached hydrogens (tertiary/aromatic N) is 2. The Morgan fingerprint density at radius 1 is 1.30 bits per heavy atom. The van der Waals surface area contributed by atoms with E-state index in [9.17, 15) is 5.21 Å². The van der Waals surface area contributed by atoms with Crippen LogP contribution in [0.1, 0.15) is 17.5 Å². The van der Waals surface area contributed by atoms with Gasteiger partial charge in [0.1, 0.15) is 0 Å². The normalized spacial score (nSPS) is 37.8. The molecular weight excluding hydrogens is 296 g/mol. The van der Waals surface area contributed by atoms with E-state index in [1.807, 2.05) is 0 Å². The average Bonchev–Trinajstić information content (AvgIpc) is 3.13. The Morgan fingerprint density at radius 3 is 2.91 bits per heavy atom. The van der Waals surface area contributed by atoms with Crippen LogP contribution < -0.4 is 9.47 Å². The molecule has 1 aromatic carbocycles. The van der Waals surface area contributed by atoms with Crippen molar-refractivity contribution in [2.75, 3.05) is 20.4 Å². The first-order chi connectivity index (χ1) is 11.3. The highest BCUT2D eigenvalue weighted by Crippen LogP contribution is 2.52. The molecular formula is C17H18N2O4. The van der Waals surface area contributed by atoms with Gasteiger partial charge in [0.05, 0.1) is 17.2 Å². The molecule has 1 unspecified atom stereocenters. The fourth-order valence-corrected chi connectivity index (χ4v) is 4.61. The summed E-state index contributed by atoms with van der Waals surface area (Å²) >= 11 is 0. The third-order valence-corrected chi connectivity index (χ3v) is 5.67. The molecule has 0 saturated carbocycles. The minimum Gasteiger partial charge on any atom is -0.454 e. The van der Waals surface area contributed by atoms with Crippen LogP contribution in [0.2, 0.25) is 0 Å². The SMILES string of the molecule is CO[C@@H]1C=C[C@]23/C(=N/O)CN(Cc4cc5c(cc42)OCO5)[C@H]3C1. The predicted octanol–water partition coefficient (Wildman–Crippen LogP) is 1.66. The predicted molar refractivity (Wildman–Crippen MR) is 82.2 cm³/mol. The van der Waals surface area contributed by atoms with E-state index in [2.05, 4.69) is 34.3 Å². The number of rotatable bonds is 1. The van der Waals surface area contributed by atoms with Crippen molar-refractivity contribution >= 4 is 5.71 Å². The monoisotopic (exact) mass is 314 g/mol. The summed E-state index contributed by atoms with van der Waals surface area (Å²) in [7, 11) is 1.74. The Balaban J connectivity index is 1.75. The van der Waals surface area contributed by atoms with E-state index in [0.717, 1.165) is 30.2 Å². The van der Waals surface area contributed by atoms with E-state index in [4.69, 9.17) is 14.2 Å². The zero-order valence-corrected chi connectivity index (χ0v) is 12.9.